The third kappa shape index (κ3) is 5.27. The Hall–Kier alpha value is -2.35. The van der Waals surface area contributed by atoms with Crippen LogP contribution in [0.5, 0.6) is 0 Å². The molecule has 6 nitrogen and oxygen atoms in total. The molecule has 0 aliphatic rings. The predicted octanol–water partition coefficient (Wildman–Crippen LogP) is 2.11. The molecule has 0 atom stereocenters. The lowest BCUT2D eigenvalue weighted by Gasteiger charge is -2.07. The molecular formula is C14H16N4O2S. The highest BCUT2D eigenvalue weighted by atomic mass is 32.2. The monoisotopic (exact) mass is 304 g/mol. The number of hydrogen-bond acceptors (Lipinski definition) is 5. The maximum absolute atomic E-state index is 11.9. The first-order valence-corrected chi connectivity index (χ1v) is 7.88. The van der Waals surface area contributed by atoms with Gasteiger partial charge in [0.2, 0.25) is 10.0 Å². The van der Waals surface area contributed by atoms with Crippen molar-refractivity contribution in [3.8, 4) is 12.1 Å². The molecule has 7 heteroatoms. The summed E-state index contributed by atoms with van der Waals surface area (Å²) in [6.45, 7) is 2.40. The van der Waals surface area contributed by atoms with E-state index in [2.05, 4.69) is 10.0 Å². The molecule has 0 aliphatic heterocycles. The minimum Gasteiger partial charge on any atom is -0.360 e. The van der Waals surface area contributed by atoms with Crippen molar-refractivity contribution in [1.29, 1.82) is 10.5 Å². The van der Waals surface area contributed by atoms with Crippen LogP contribution >= 0.6 is 0 Å². The molecule has 0 spiro atoms. The van der Waals surface area contributed by atoms with Crippen LogP contribution in [0.15, 0.2) is 40.9 Å². The number of allylic oxidation sites excluding steroid dienone is 1. The lowest BCUT2D eigenvalue weighted by molar-refractivity contribution is 0.578. The second-order valence-electron chi connectivity index (χ2n) is 4.20. The summed E-state index contributed by atoms with van der Waals surface area (Å²) >= 11 is 0. The summed E-state index contributed by atoms with van der Waals surface area (Å²) in [6, 6.07) is 9.49. The van der Waals surface area contributed by atoms with Gasteiger partial charge in [-0.3, -0.25) is 0 Å². The Morgan fingerprint density at radius 1 is 1.24 bits per heavy atom. The number of sulfonamides is 1. The van der Waals surface area contributed by atoms with Gasteiger partial charge in [-0.1, -0.05) is 13.3 Å². The molecule has 0 radical (unpaired) electrons. The third-order valence-electron chi connectivity index (χ3n) is 2.61. The van der Waals surface area contributed by atoms with Crippen molar-refractivity contribution in [2.24, 2.45) is 0 Å². The summed E-state index contributed by atoms with van der Waals surface area (Å²) in [4.78, 5) is 0.175. The fourth-order valence-electron chi connectivity index (χ4n) is 1.44. The lowest BCUT2D eigenvalue weighted by atomic mass is 10.3. The molecule has 0 amide bonds. The van der Waals surface area contributed by atoms with Gasteiger partial charge in [-0.15, -0.1) is 0 Å². The Labute approximate surface area is 124 Å². The predicted molar refractivity (Wildman–Crippen MR) is 79.5 cm³/mol. The first-order valence-electron chi connectivity index (χ1n) is 6.40. The molecule has 1 aromatic rings. The first kappa shape index (κ1) is 16.7. The fourth-order valence-corrected chi connectivity index (χ4v) is 2.52. The normalized spacial score (nSPS) is 10.2. The van der Waals surface area contributed by atoms with E-state index in [9.17, 15) is 8.42 Å². The van der Waals surface area contributed by atoms with Gasteiger partial charge in [0.05, 0.1) is 4.90 Å². The molecule has 0 heterocycles. The number of nitrogens with zero attached hydrogens (tertiary/aromatic N) is 2. The van der Waals surface area contributed by atoms with Gasteiger partial charge < -0.3 is 5.32 Å². The van der Waals surface area contributed by atoms with Crippen LogP contribution in [0.1, 0.15) is 19.8 Å². The summed E-state index contributed by atoms with van der Waals surface area (Å²) in [6.07, 6.45) is 2.97. The van der Waals surface area contributed by atoms with Crippen molar-refractivity contribution in [3.63, 3.8) is 0 Å². The second kappa shape index (κ2) is 8.05. The Morgan fingerprint density at radius 2 is 1.86 bits per heavy atom. The van der Waals surface area contributed by atoms with Gasteiger partial charge in [0, 0.05) is 18.4 Å². The van der Waals surface area contributed by atoms with Crippen LogP contribution < -0.4 is 10.0 Å². The molecule has 2 N–H and O–H groups in total. The summed E-state index contributed by atoms with van der Waals surface area (Å²) in [7, 11) is -3.49. The molecule has 0 saturated heterocycles. The number of nitrogens with one attached hydrogen (secondary N) is 2. The van der Waals surface area contributed by atoms with Gasteiger partial charge in [-0.25, -0.2) is 13.1 Å². The van der Waals surface area contributed by atoms with Crippen molar-refractivity contribution < 1.29 is 8.42 Å². The van der Waals surface area contributed by atoms with Crippen LogP contribution in [0.4, 0.5) is 5.69 Å². The minimum atomic E-state index is -3.49. The molecule has 1 aromatic carbocycles. The second-order valence-corrected chi connectivity index (χ2v) is 5.97. The zero-order chi connectivity index (χ0) is 15.7. The Kier molecular flexibility index (Phi) is 6.41. The van der Waals surface area contributed by atoms with Gasteiger partial charge in [0.1, 0.15) is 17.7 Å². The topological polar surface area (TPSA) is 106 Å². The average molecular weight is 304 g/mol. The van der Waals surface area contributed by atoms with Crippen LogP contribution in [0.25, 0.3) is 0 Å². The fraction of sp³-hybridized carbons (Fsp3) is 0.286. The van der Waals surface area contributed by atoms with Crippen LogP contribution in [-0.2, 0) is 10.0 Å². The van der Waals surface area contributed by atoms with E-state index >= 15 is 0 Å². The zero-order valence-electron chi connectivity index (χ0n) is 11.6. The highest BCUT2D eigenvalue weighted by Gasteiger charge is 2.12. The number of nitriles is 2. The average Bonchev–Trinajstić information content (AvgIpc) is 2.49. The van der Waals surface area contributed by atoms with E-state index in [-0.39, 0.29) is 10.5 Å². The number of benzene rings is 1. The van der Waals surface area contributed by atoms with E-state index in [1.165, 1.54) is 18.3 Å². The van der Waals surface area contributed by atoms with Gasteiger partial charge in [-0.2, -0.15) is 10.5 Å². The number of anilines is 1. The Balaban J connectivity index is 2.77. The number of unbranched alkanes of at least 4 members (excludes halogenated alkanes) is 1. The Morgan fingerprint density at radius 3 is 2.38 bits per heavy atom. The number of hydrogen-bond donors (Lipinski definition) is 2. The molecule has 0 fully saturated rings. The molecular weight excluding hydrogens is 288 g/mol. The maximum Gasteiger partial charge on any atom is 0.240 e. The molecule has 0 saturated carbocycles. The third-order valence-corrected chi connectivity index (χ3v) is 4.09. The molecule has 0 aromatic heterocycles. The smallest absolute Gasteiger partial charge is 0.240 e. The van der Waals surface area contributed by atoms with E-state index in [1.54, 1.807) is 24.3 Å². The molecule has 21 heavy (non-hydrogen) atoms. The van der Waals surface area contributed by atoms with E-state index < -0.39 is 10.0 Å². The van der Waals surface area contributed by atoms with E-state index in [0.29, 0.717) is 12.2 Å². The van der Waals surface area contributed by atoms with E-state index in [4.69, 9.17) is 10.5 Å². The maximum atomic E-state index is 11.9. The van der Waals surface area contributed by atoms with Crippen LogP contribution in [-0.4, -0.2) is 15.0 Å². The summed E-state index contributed by atoms with van der Waals surface area (Å²) < 4.78 is 26.4. The summed E-state index contributed by atoms with van der Waals surface area (Å²) in [5.41, 5.74) is 0.526. The highest BCUT2D eigenvalue weighted by molar-refractivity contribution is 7.89. The van der Waals surface area contributed by atoms with Crippen molar-refractivity contribution in [2.75, 3.05) is 11.9 Å². The summed E-state index contributed by atoms with van der Waals surface area (Å²) in [5.74, 6) is 0. The molecule has 1 rings (SSSR count). The Bertz CT molecular complexity index is 663. The molecule has 0 aliphatic carbocycles. The van der Waals surface area contributed by atoms with Crippen LogP contribution in [0, 0.1) is 22.7 Å². The van der Waals surface area contributed by atoms with E-state index in [1.807, 2.05) is 6.92 Å². The van der Waals surface area contributed by atoms with Gasteiger partial charge in [-0.05, 0) is 30.7 Å². The van der Waals surface area contributed by atoms with Crippen molar-refractivity contribution in [1.82, 2.24) is 4.72 Å². The standard InChI is InChI=1S/C14H16N4O2S/c1-2-3-8-18-21(19,20)14-6-4-13(5-7-14)17-11-12(9-15)10-16/h4-7,11,17-18H,2-3,8H2,1H3. The van der Waals surface area contributed by atoms with Crippen LogP contribution in [0.3, 0.4) is 0 Å². The van der Waals surface area contributed by atoms with Gasteiger partial charge in [0.15, 0.2) is 0 Å². The first-order chi connectivity index (χ1) is 10.0. The molecule has 110 valence electrons. The zero-order valence-corrected chi connectivity index (χ0v) is 12.4. The minimum absolute atomic E-state index is 0.0621. The molecule has 0 unspecified atom stereocenters. The van der Waals surface area contributed by atoms with Crippen molar-refractivity contribution in [3.05, 3.63) is 36.0 Å². The summed E-state index contributed by atoms with van der Waals surface area (Å²) in [5, 5.41) is 19.9. The van der Waals surface area contributed by atoms with E-state index in [0.717, 1.165) is 12.8 Å². The van der Waals surface area contributed by atoms with Gasteiger partial charge in [0.25, 0.3) is 0 Å². The largest absolute Gasteiger partial charge is 0.360 e. The lowest BCUT2D eigenvalue weighted by Crippen LogP contribution is -2.24. The van der Waals surface area contributed by atoms with Crippen molar-refractivity contribution >= 4 is 15.7 Å². The number of rotatable bonds is 7. The SMILES string of the molecule is CCCCNS(=O)(=O)c1ccc(NC=C(C#N)C#N)cc1. The van der Waals surface area contributed by atoms with Gasteiger partial charge >= 0.3 is 0 Å². The highest BCUT2D eigenvalue weighted by Crippen LogP contribution is 2.14. The quantitative estimate of drug-likeness (QED) is 0.592. The van der Waals surface area contributed by atoms with Crippen molar-refractivity contribution in [2.45, 2.75) is 24.7 Å². The molecule has 0 bridgehead atoms. The van der Waals surface area contributed by atoms with Crippen LogP contribution in [0.2, 0.25) is 0 Å².